The summed E-state index contributed by atoms with van der Waals surface area (Å²) in [6.45, 7) is 0.482. The van der Waals surface area contributed by atoms with Crippen molar-refractivity contribution in [1.82, 2.24) is 10.2 Å². The molecule has 0 bridgehead atoms. The van der Waals surface area contributed by atoms with E-state index < -0.39 is 10.0 Å². The van der Waals surface area contributed by atoms with Gasteiger partial charge in [-0.15, -0.1) is 10.2 Å². The minimum absolute atomic E-state index is 0.0355. The third kappa shape index (κ3) is 4.66. The van der Waals surface area contributed by atoms with Gasteiger partial charge in [-0.1, -0.05) is 31.0 Å². The van der Waals surface area contributed by atoms with Crippen molar-refractivity contribution >= 4 is 33.3 Å². The number of Topliss-reactive ketones (excluding diaryl/α,β-unsaturated/α-hetero) is 1. The number of benzene rings is 1. The van der Waals surface area contributed by atoms with Crippen molar-refractivity contribution in [2.24, 2.45) is 0 Å². The number of aromatic nitrogens is 2. The molecule has 0 atom stereocenters. The van der Waals surface area contributed by atoms with Crippen LogP contribution in [0.2, 0.25) is 0 Å². The molecule has 0 amide bonds. The first kappa shape index (κ1) is 20.4. The van der Waals surface area contributed by atoms with Gasteiger partial charge in [0.1, 0.15) is 0 Å². The number of ketones is 1. The maximum atomic E-state index is 12.6. The second-order valence-electron chi connectivity index (χ2n) is 7.74. The van der Waals surface area contributed by atoms with Gasteiger partial charge in [0.2, 0.25) is 15.9 Å². The number of hydrogen-bond donors (Lipinski definition) is 0. The minimum atomic E-state index is -3.31. The summed E-state index contributed by atoms with van der Waals surface area (Å²) in [5.74, 6) is 1.21. The van der Waals surface area contributed by atoms with Crippen LogP contribution in [0.4, 0.5) is 5.69 Å². The Kier molecular flexibility index (Phi) is 5.96. The van der Waals surface area contributed by atoms with Crippen molar-refractivity contribution < 1.29 is 17.6 Å². The van der Waals surface area contributed by atoms with Crippen molar-refractivity contribution in [2.45, 2.75) is 56.1 Å². The van der Waals surface area contributed by atoms with Crippen LogP contribution in [0.5, 0.6) is 0 Å². The first-order valence-electron chi connectivity index (χ1n) is 10.0. The van der Waals surface area contributed by atoms with Gasteiger partial charge in [0, 0.05) is 18.0 Å². The standard InChI is InChI=1S/C20H25N3O4S2/c1-29(25,26)23-11-5-8-15-12-16(9-10-17(15)23)18(24)13-28-20-22-21-19(27-20)14-6-3-2-4-7-14/h9-10,12,14H,2-8,11,13H2,1H3. The molecule has 1 aliphatic heterocycles. The van der Waals surface area contributed by atoms with E-state index in [0.717, 1.165) is 31.2 Å². The molecule has 0 radical (unpaired) electrons. The fraction of sp³-hybridized carbons (Fsp3) is 0.550. The number of nitrogens with zero attached hydrogens (tertiary/aromatic N) is 3. The lowest BCUT2D eigenvalue weighted by Crippen LogP contribution is -2.34. The average Bonchev–Trinajstić information content (AvgIpc) is 3.20. The minimum Gasteiger partial charge on any atom is -0.416 e. The van der Waals surface area contributed by atoms with Crippen LogP contribution in [0, 0.1) is 0 Å². The molecule has 0 unspecified atom stereocenters. The smallest absolute Gasteiger partial charge is 0.277 e. The Labute approximate surface area is 175 Å². The van der Waals surface area contributed by atoms with Gasteiger partial charge in [0.25, 0.3) is 5.22 Å². The molecule has 0 N–H and O–H groups in total. The molecule has 2 aliphatic rings. The Morgan fingerprint density at radius 3 is 2.76 bits per heavy atom. The molecule has 4 rings (SSSR count). The second kappa shape index (κ2) is 8.47. The SMILES string of the molecule is CS(=O)(=O)N1CCCc2cc(C(=O)CSc3nnc(C4CCCCC4)o3)ccc21. The monoisotopic (exact) mass is 435 g/mol. The fourth-order valence-corrected chi connectivity index (χ4v) is 5.74. The molecule has 1 aromatic heterocycles. The zero-order valence-electron chi connectivity index (χ0n) is 16.5. The average molecular weight is 436 g/mol. The zero-order valence-corrected chi connectivity index (χ0v) is 18.1. The van der Waals surface area contributed by atoms with Gasteiger partial charge in [0.15, 0.2) is 5.78 Å². The summed E-state index contributed by atoms with van der Waals surface area (Å²) in [4.78, 5) is 12.6. The van der Waals surface area contributed by atoms with Gasteiger partial charge in [-0.25, -0.2) is 8.42 Å². The number of rotatable bonds is 6. The molecular weight excluding hydrogens is 410 g/mol. The van der Waals surface area contributed by atoms with Crippen molar-refractivity contribution in [3.63, 3.8) is 0 Å². The van der Waals surface area contributed by atoms with E-state index in [0.29, 0.717) is 34.8 Å². The van der Waals surface area contributed by atoms with Crippen LogP contribution in [0.25, 0.3) is 0 Å². The Hall–Kier alpha value is -1.87. The van der Waals surface area contributed by atoms with Crippen LogP contribution in [-0.4, -0.2) is 43.0 Å². The molecule has 0 spiro atoms. The molecular formula is C20H25N3O4S2. The summed E-state index contributed by atoms with van der Waals surface area (Å²) in [6.07, 6.45) is 8.57. The zero-order chi connectivity index (χ0) is 20.4. The Morgan fingerprint density at radius 1 is 1.21 bits per heavy atom. The second-order valence-corrected chi connectivity index (χ2v) is 10.6. The first-order chi connectivity index (χ1) is 13.9. The first-order valence-corrected chi connectivity index (χ1v) is 12.9. The van der Waals surface area contributed by atoms with E-state index in [2.05, 4.69) is 10.2 Å². The summed E-state index contributed by atoms with van der Waals surface area (Å²) in [6, 6.07) is 5.25. The Bertz CT molecular complexity index is 997. The molecule has 2 aromatic rings. The molecule has 29 heavy (non-hydrogen) atoms. The number of hydrogen-bond acceptors (Lipinski definition) is 7. The molecule has 2 heterocycles. The summed E-state index contributed by atoms with van der Waals surface area (Å²) in [5.41, 5.74) is 2.16. The fourth-order valence-electron chi connectivity index (χ4n) is 4.08. The maximum absolute atomic E-state index is 12.6. The highest BCUT2D eigenvalue weighted by Crippen LogP contribution is 2.33. The van der Waals surface area contributed by atoms with Crippen LogP contribution in [0.15, 0.2) is 27.8 Å². The summed E-state index contributed by atoms with van der Waals surface area (Å²) >= 11 is 1.25. The molecule has 7 nitrogen and oxygen atoms in total. The largest absolute Gasteiger partial charge is 0.416 e. The number of sulfonamides is 1. The van der Waals surface area contributed by atoms with E-state index in [1.54, 1.807) is 12.1 Å². The van der Waals surface area contributed by atoms with Gasteiger partial charge in [0.05, 0.1) is 17.7 Å². The van der Waals surface area contributed by atoms with Gasteiger partial charge in [-0.2, -0.15) is 0 Å². The molecule has 9 heteroatoms. The van der Waals surface area contributed by atoms with Crippen LogP contribution in [0.3, 0.4) is 0 Å². The summed E-state index contributed by atoms with van der Waals surface area (Å²) < 4.78 is 31.1. The van der Waals surface area contributed by atoms with Crippen molar-refractivity contribution in [3.8, 4) is 0 Å². The highest BCUT2D eigenvalue weighted by Gasteiger charge is 2.25. The van der Waals surface area contributed by atoms with E-state index in [1.165, 1.54) is 41.6 Å². The van der Waals surface area contributed by atoms with Crippen LogP contribution < -0.4 is 4.31 Å². The van der Waals surface area contributed by atoms with E-state index in [1.807, 2.05) is 6.07 Å². The highest BCUT2D eigenvalue weighted by molar-refractivity contribution is 7.99. The van der Waals surface area contributed by atoms with Crippen LogP contribution in [0.1, 0.15) is 66.3 Å². The maximum Gasteiger partial charge on any atom is 0.277 e. The lowest BCUT2D eigenvalue weighted by molar-refractivity contribution is 0.102. The lowest BCUT2D eigenvalue weighted by Gasteiger charge is -2.29. The van der Waals surface area contributed by atoms with Crippen LogP contribution in [-0.2, 0) is 16.4 Å². The van der Waals surface area contributed by atoms with Gasteiger partial charge < -0.3 is 4.42 Å². The third-order valence-corrected chi connectivity index (χ3v) is 7.58. The van der Waals surface area contributed by atoms with Gasteiger partial charge in [-0.05, 0) is 49.4 Å². The number of fused-ring (bicyclic) bond motifs is 1. The Balaban J connectivity index is 1.41. The summed E-state index contributed by atoms with van der Waals surface area (Å²) in [7, 11) is -3.31. The third-order valence-electron chi connectivity index (χ3n) is 5.58. The molecule has 0 saturated heterocycles. The predicted molar refractivity (Wildman–Crippen MR) is 112 cm³/mol. The van der Waals surface area contributed by atoms with Crippen molar-refractivity contribution in [3.05, 3.63) is 35.2 Å². The molecule has 1 aromatic carbocycles. The van der Waals surface area contributed by atoms with Crippen molar-refractivity contribution in [1.29, 1.82) is 0 Å². The van der Waals surface area contributed by atoms with Crippen LogP contribution >= 0.6 is 11.8 Å². The number of aryl methyl sites for hydroxylation is 1. The quantitative estimate of drug-likeness (QED) is 0.503. The van der Waals surface area contributed by atoms with Gasteiger partial charge in [-0.3, -0.25) is 9.10 Å². The summed E-state index contributed by atoms with van der Waals surface area (Å²) in [5, 5.41) is 8.68. The van der Waals surface area contributed by atoms with Crippen molar-refractivity contribution in [2.75, 3.05) is 22.9 Å². The van der Waals surface area contributed by atoms with E-state index in [9.17, 15) is 13.2 Å². The topological polar surface area (TPSA) is 93.4 Å². The lowest BCUT2D eigenvalue weighted by atomic mass is 9.89. The number of carbonyl (C=O) groups is 1. The van der Waals surface area contributed by atoms with E-state index in [4.69, 9.17) is 4.42 Å². The highest BCUT2D eigenvalue weighted by atomic mass is 32.2. The molecule has 1 fully saturated rings. The molecule has 1 aliphatic carbocycles. The number of carbonyl (C=O) groups excluding carboxylic acids is 1. The number of anilines is 1. The van der Waals surface area contributed by atoms with Gasteiger partial charge >= 0.3 is 0 Å². The Morgan fingerprint density at radius 2 is 2.00 bits per heavy atom. The molecule has 156 valence electrons. The van der Waals surface area contributed by atoms with E-state index >= 15 is 0 Å². The molecule has 1 saturated carbocycles. The van der Waals surface area contributed by atoms with E-state index in [-0.39, 0.29) is 11.5 Å². The predicted octanol–water partition coefficient (Wildman–Crippen LogP) is 3.80. The normalized spacial score (nSPS) is 17.9. The number of thioether (sulfide) groups is 1.